The summed E-state index contributed by atoms with van der Waals surface area (Å²) in [4.78, 5) is 18.6. The first-order valence-electron chi connectivity index (χ1n) is 6.72. The SMILES string of the molecule is N=C(N=O)c1ccc(NNc2c(N)ncc3ccccc23)nc1. The lowest BCUT2D eigenvalue weighted by atomic mass is 10.1. The maximum atomic E-state index is 10.3. The number of nitroso groups, excluding NO2 is 1. The standard InChI is InChI=1S/C15H13N7O/c16-14(22-23)10-5-6-12(18-8-10)20-21-13-11-4-2-1-3-9(11)7-19-15(13)17/h1-8,16,21H,(H2,17,19)(H,18,20). The first-order valence-corrected chi connectivity index (χ1v) is 6.72. The maximum absolute atomic E-state index is 10.3. The van der Waals surface area contributed by atoms with E-state index in [9.17, 15) is 4.91 Å². The highest BCUT2D eigenvalue weighted by atomic mass is 16.3. The van der Waals surface area contributed by atoms with E-state index in [0.29, 0.717) is 22.9 Å². The third-order valence-corrected chi connectivity index (χ3v) is 3.27. The van der Waals surface area contributed by atoms with Crippen LogP contribution in [-0.4, -0.2) is 15.8 Å². The smallest absolute Gasteiger partial charge is 0.198 e. The summed E-state index contributed by atoms with van der Waals surface area (Å²) < 4.78 is 0. The lowest BCUT2D eigenvalue weighted by molar-refractivity contribution is 1.24. The molecule has 8 heteroatoms. The van der Waals surface area contributed by atoms with Gasteiger partial charge in [0.2, 0.25) is 0 Å². The van der Waals surface area contributed by atoms with Gasteiger partial charge in [0, 0.05) is 28.7 Å². The Hall–Kier alpha value is -3.55. The van der Waals surface area contributed by atoms with Crippen LogP contribution in [0.25, 0.3) is 10.8 Å². The monoisotopic (exact) mass is 307 g/mol. The summed E-state index contributed by atoms with van der Waals surface area (Å²) in [6.07, 6.45) is 3.10. The number of pyridine rings is 2. The maximum Gasteiger partial charge on any atom is 0.198 e. The molecule has 2 aromatic heterocycles. The average molecular weight is 307 g/mol. The van der Waals surface area contributed by atoms with Gasteiger partial charge < -0.3 is 5.73 Å². The average Bonchev–Trinajstić information content (AvgIpc) is 2.60. The minimum atomic E-state index is -0.362. The molecule has 0 spiro atoms. The van der Waals surface area contributed by atoms with Gasteiger partial charge in [0.1, 0.15) is 17.3 Å². The number of hydrogen-bond donors (Lipinski definition) is 4. The Morgan fingerprint density at radius 3 is 2.65 bits per heavy atom. The molecular formula is C15H13N7O. The number of benzene rings is 1. The van der Waals surface area contributed by atoms with Crippen LogP contribution >= 0.6 is 0 Å². The molecule has 0 unspecified atom stereocenters. The zero-order valence-corrected chi connectivity index (χ0v) is 11.9. The molecule has 0 atom stereocenters. The molecule has 0 aliphatic rings. The van der Waals surface area contributed by atoms with E-state index in [0.717, 1.165) is 10.8 Å². The van der Waals surface area contributed by atoms with Crippen molar-refractivity contribution < 1.29 is 0 Å². The van der Waals surface area contributed by atoms with Gasteiger partial charge in [0.05, 0.1) is 0 Å². The number of nitrogen functional groups attached to an aromatic ring is 1. The van der Waals surface area contributed by atoms with Crippen molar-refractivity contribution in [3.05, 3.63) is 59.3 Å². The predicted octanol–water partition coefficient (Wildman–Crippen LogP) is 2.74. The van der Waals surface area contributed by atoms with E-state index in [1.165, 1.54) is 6.20 Å². The molecule has 3 rings (SSSR count). The van der Waals surface area contributed by atoms with Gasteiger partial charge in [-0.1, -0.05) is 24.3 Å². The van der Waals surface area contributed by atoms with Crippen LogP contribution in [0.1, 0.15) is 5.56 Å². The Balaban J connectivity index is 1.82. The van der Waals surface area contributed by atoms with E-state index in [1.807, 2.05) is 24.3 Å². The van der Waals surface area contributed by atoms with Gasteiger partial charge in [0.25, 0.3) is 0 Å². The van der Waals surface area contributed by atoms with Gasteiger partial charge >= 0.3 is 0 Å². The lowest BCUT2D eigenvalue weighted by Crippen LogP contribution is -2.13. The molecule has 114 valence electrons. The molecule has 0 saturated heterocycles. The van der Waals surface area contributed by atoms with Crippen molar-refractivity contribution in [3.8, 4) is 0 Å². The summed E-state index contributed by atoms with van der Waals surface area (Å²) >= 11 is 0. The third-order valence-electron chi connectivity index (χ3n) is 3.27. The summed E-state index contributed by atoms with van der Waals surface area (Å²) in [5.41, 5.74) is 12.8. The first kappa shape index (κ1) is 14.4. The molecule has 3 aromatic rings. The van der Waals surface area contributed by atoms with Crippen molar-refractivity contribution in [2.75, 3.05) is 16.6 Å². The number of amidine groups is 1. The largest absolute Gasteiger partial charge is 0.382 e. The van der Waals surface area contributed by atoms with E-state index in [2.05, 4.69) is 26.0 Å². The van der Waals surface area contributed by atoms with Crippen molar-refractivity contribution >= 4 is 33.9 Å². The fourth-order valence-electron chi connectivity index (χ4n) is 2.10. The Morgan fingerprint density at radius 1 is 1.09 bits per heavy atom. The minimum absolute atomic E-state index is 0.344. The van der Waals surface area contributed by atoms with Gasteiger partial charge in [-0.3, -0.25) is 16.3 Å². The number of nitrogens with one attached hydrogen (secondary N) is 3. The Labute approximate surface area is 131 Å². The quantitative estimate of drug-likeness (QED) is 0.254. The highest BCUT2D eigenvalue weighted by Crippen LogP contribution is 2.27. The van der Waals surface area contributed by atoms with Crippen LogP contribution in [-0.2, 0) is 0 Å². The summed E-state index contributed by atoms with van der Waals surface area (Å²) in [6.45, 7) is 0. The molecule has 0 bridgehead atoms. The van der Waals surface area contributed by atoms with Crippen LogP contribution in [0.2, 0.25) is 0 Å². The van der Waals surface area contributed by atoms with E-state index in [4.69, 9.17) is 11.1 Å². The first-order chi connectivity index (χ1) is 11.2. The van der Waals surface area contributed by atoms with Crippen LogP contribution < -0.4 is 16.6 Å². The molecule has 8 nitrogen and oxygen atoms in total. The van der Waals surface area contributed by atoms with E-state index < -0.39 is 0 Å². The van der Waals surface area contributed by atoms with Crippen molar-refractivity contribution in [2.24, 2.45) is 5.18 Å². The van der Waals surface area contributed by atoms with Gasteiger partial charge in [0.15, 0.2) is 5.84 Å². The molecule has 0 aliphatic heterocycles. The number of nitrogens with two attached hydrogens (primary N) is 1. The van der Waals surface area contributed by atoms with Crippen molar-refractivity contribution in [2.45, 2.75) is 0 Å². The van der Waals surface area contributed by atoms with E-state index in [-0.39, 0.29) is 5.84 Å². The molecule has 0 aliphatic carbocycles. The van der Waals surface area contributed by atoms with Crippen LogP contribution in [0.4, 0.5) is 17.3 Å². The Bertz CT molecular complexity index is 877. The number of rotatable bonds is 4. The van der Waals surface area contributed by atoms with Crippen LogP contribution in [0.15, 0.2) is 54.0 Å². The van der Waals surface area contributed by atoms with Crippen LogP contribution in [0.3, 0.4) is 0 Å². The molecular weight excluding hydrogens is 294 g/mol. The molecule has 0 fully saturated rings. The Morgan fingerprint density at radius 2 is 1.91 bits per heavy atom. The number of hydrazine groups is 1. The second-order valence-corrected chi connectivity index (χ2v) is 4.73. The minimum Gasteiger partial charge on any atom is -0.382 e. The summed E-state index contributed by atoms with van der Waals surface area (Å²) in [6, 6.07) is 10.9. The van der Waals surface area contributed by atoms with Gasteiger partial charge in [-0.05, 0) is 17.3 Å². The summed E-state index contributed by atoms with van der Waals surface area (Å²) in [5.74, 6) is 0.499. The number of aromatic nitrogens is 2. The Kier molecular flexibility index (Phi) is 3.79. The second-order valence-electron chi connectivity index (χ2n) is 4.73. The molecule has 0 radical (unpaired) electrons. The van der Waals surface area contributed by atoms with Crippen molar-refractivity contribution in [1.29, 1.82) is 5.41 Å². The fraction of sp³-hybridized carbons (Fsp3) is 0. The predicted molar refractivity (Wildman–Crippen MR) is 90.3 cm³/mol. The molecule has 0 amide bonds. The normalized spacial score (nSPS) is 10.3. The molecule has 2 heterocycles. The van der Waals surface area contributed by atoms with Gasteiger partial charge in [-0.25, -0.2) is 9.97 Å². The molecule has 1 aromatic carbocycles. The zero-order valence-electron chi connectivity index (χ0n) is 11.9. The number of hydrogen-bond acceptors (Lipinski definition) is 7. The number of anilines is 3. The lowest BCUT2D eigenvalue weighted by Gasteiger charge is -2.13. The highest BCUT2D eigenvalue weighted by molar-refractivity contribution is 5.98. The third kappa shape index (κ3) is 2.91. The number of fused-ring (bicyclic) bond motifs is 1. The van der Waals surface area contributed by atoms with Crippen molar-refractivity contribution in [3.63, 3.8) is 0 Å². The summed E-state index contributed by atoms with van der Waals surface area (Å²) in [7, 11) is 0. The number of nitrogens with zero attached hydrogens (tertiary/aromatic N) is 3. The molecule has 5 N–H and O–H groups in total. The van der Waals surface area contributed by atoms with E-state index in [1.54, 1.807) is 18.3 Å². The topological polar surface area (TPSA) is 129 Å². The van der Waals surface area contributed by atoms with E-state index >= 15 is 0 Å². The fourth-order valence-corrected chi connectivity index (χ4v) is 2.10. The van der Waals surface area contributed by atoms with Gasteiger partial charge in [-0.2, -0.15) is 0 Å². The van der Waals surface area contributed by atoms with Crippen LogP contribution in [0, 0.1) is 10.3 Å². The highest BCUT2D eigenvalue weighted by Gasteiger charge is 2.07. The van der Waals surface area contributed by atoms with Crippen molar-refractivity contribution in [1.82, 2.24) is 9.97 Å². The molecule has 23 heavy (non-hydrogen) atoms. The van der Waals surface area contributed by atoms with Crippen LogP contribution in [0.5, 0.6) is 0 Å². The second kappa shape index (κ2) is 6.06. The summed E-state index contributed by atoms with van der Waals surface area (Å²) in [5, 5.41) is 11.8. The zero-order chi connectivity index (χ0) is 16.2. The van der Waals surface area contributed by atoms with Gasteiger partial charge in [-0.15, -0.1) is 4.91 Å². The molecule has 0 saturated carbocycles.